The van der Waals surface area contributed by atoms with Crippen molar-refractivity contribution in [3.63, 3.8) is 0 Å². The first-order valence-electron chi connectivity index (χ1n) is 9.23. The number of amides is 2. The van der Waals surface area contributed by atoms with Gasteiger partial charge in [0.2, 0.25) is 0 Å². The molecule has 0 aliphatic carbocycles. The Hall–Kier alpha value is -3.75. The van der Waals surface area contributed by atoms with Crippen LogP contribution in [0.15, 0.2) is 36.4 Å². The number of esters is 1. The molecule has 2 amide bonds. The molecular formula is C21H23N3O6. The van der Waals surface area contributed by atoms with Gasteiger partial charge >= 0.3 is 5.97 Å². The highest BCUT2D eigenvalue weighted by Crippen LogP contribution is 2.21. The Morgan fingerprint density at radius 3 is 2.20 bits per heavy atom. The lowest BCUT2D eigenvalue weighted by atomic mass is 10.1. The van der Waals surface area contributed by atoms with Crippen LogP contribution in [0.2, 0.25) is 0 Å². The van der Waals surface area contributed by atoms with Gasteiger partial charge in [-0.25, -0.2) is 0 Å². The number of rotatable bonds is 8. The lowest BCUT2D eigenvalue weighted by molar-refractivity contribution is -0.384. The summed E-state index contributed by atoms with van der Waals surface area (Å²) in [4.78, 5) is 45.8. The zero-order valence-corrected chi connectivity index (χ0v) is 17.0. The van der Waals surface area contributed by atoms with Crippen LogP contribution in [-0.4, -0.2) is 35.9 Å². The van der Waals surface area contributed by atoms with Crippen molar-refractivity contribution in [3.05, 3.63) is 68.8 Å². The van der Waals surface area contributed by atoms with Gasteiger partial charge in [0.15, 0.2) is 6.61 Å². The topological polar surface area (TPSA) is 128 Å². The van der Waals surface area contributed by atoms with Crippen molar-refractivity contribution in [2.75, 3.05) is 18.5 Å². The Kier molecular flexibility index (Phi) is 7.62. The van der Waals surface area contributed by atoms with Crippen molar-refractivity contribution in [3.8, 4) is 0 Å². The molecule has 0 aromatic heterocycles. The molecular weight excluding hydrogens is 390 g/mol. The van der Waals surface area contributed by atoms with Crippen LogP contribution >= 0.6 is 0 Å². The van der Waals surface area contributed by atoms with E-state index < -0.39 is 29.3 Å². The van der Waals surface area contributed by atoms with Crippen LogP contribution in [0.3, 0.4) is 0 Å². The first kappa shape index (κ1) is 22.5. The van der Waals surface area contributed by atoms with Crippen LogP contribution in [0.1, 0.15) is 33.5 Å². The van der Waals surface area contributed by atoms with Crippen molar-refractivity contribution in [2.45, 2.75) is 27.2 Å². The summed E-state index contributed by atoms with van der Waals surface area (Å²) in [7, 11) is 0. The molecule has 0 atom stereocenters. The molecule has 0 heterocycles. The van der Waals surface area contributed by atoms with Crippen molar-refractivity contribution in [1.29, 1.82) is 0 Å². The minimum Gasteiger partial charge on any atom is -0.456 e. The molecule has 0 saturated carbocycles. The number of nitrogens with zero attached hydrogens (tertiary/aromatic N) is 1. The molecule has 2 N–H and O–H groups in total. The molecule has 9 heteroatoms. The number of benzene rings is 2. The first-order chi connectivity index (χ1) is 14.2. The number of carbonyl (C=O) groups is 3. The van der Waals surface area contributed by atoms with Crippen LogP contribution in [-0.2, 0) is 14.3 Å². The van der Waals surface area contributed by atoms with Gasteiger partial charge < -0.3 is 15.4 Å². The van der Waals surface area contributed by atoms with E-state index in [1.54, 1.807) is 0 Å². The van der Waals surface area contributed by atoms with Gasteiger partial charge in [0, 0.05) is 29.9 Å². The predicted molar refractivity (Wildman–Crippen MR) is 110 cm³/mol. The molecule has 0 unspecified atom stereocenters. The van der Waals surface area contributed by atoms with Gasteiger partial charge in [-0.15, -0.1) is 0 Å². The molecule has 0 aliphatic heterocycles. The average molecular weight is 413 g/mol. The molecule has 0 fully saturated rings. The van der Waals surface area contributed by atoms with Crippen molar-refractivity contribution in [1.82, 2.24) is 5.32 Å². The lowest BCUT2D eigenvalue weighted by Crippen LogP contribution is -2.27. The number of anilines is 1. The van der Waals surface area contributed by atoms with Crippen LogP contribution in [0.5, 0.6) is 0 Å². The molecule has 9 nitrogen and oxygen atoms in total. The molecule has 0 spiro atoms. The molecule has 2 aromatic carbocycles. The maximum atomic E-state index is 12.0. The van der Waals surface area contributed by atoms with Crippen molar-refractivity contribution >= 4 is 29.2 Å². The summed E-state index contributed by atoms with van der Waals surface area (Å²) in [6, 6.07) is 8.99. The smallest absolute Gasteiger partial charge is 0.308 e. The standard InChI is InChI=1S/C21H23N3O6/c1-13-10-14(2)20(15(3)11-13)23-18(25)12-30-19(26)8-9-22-21(27)16-4-6-17(7-5-16)24(28)29/h4-7,10-11H,8-9,12H2,1-3H3,(H,22,27)(H,23,25). The number of ether oxygens (including phenoxy) is 1. The number of aryl methyl sites for hydroxylation is 3. The third kappa shape index (κ3) is 6.40. The maximum Gasteiger partial charge on any atom is 0.308 e. The zero-order valence-electron chi connectivity index (χ0n) is 17.0. The summed E-state index contributed by atoms with van der Waals surface area (Å²) in [6.45, 7) is 5.31. The normalized spacial score (nSPS) is 10.2. The molecule has 0 radical (unpaired) electrons. The van der Waals surface area contributed by atoms with Crippen LogP contribution in [0, 0.1) is 30.9 Å². The van der Waals surface area contributed by atoms with Crippen LogP contribution in [0.25, 0.3) is 0 Å². The Labute approximate surface area is 173 Å². The third-order valence-corrected chi connectivity index (χ3v) is 4.26. The van der Waals surface area contributed by atoms with E-state index in [1.165, 1.54) is 24.3 Å². The second-order valence-corrected chi connectivity index (χ2v) is 6.79. The molecule has 0 aliphatic rings. The first-order valence-corrected chi connectivity index (χ1v) is 9.23. The van der Waals surface area contributed by atoms with E-state index >= 15 is 0 Å². The minimum absolute atomic E-state index is 0.00640. The highest BCUT2D eigenvalue weighted by molar-refractivity contribution is 5.95. The van der Waals surface area contributed by atoms with Gasteiger partial charge in [0.25, 0.3) is 17.5 Å². The second-order valence-electron chi connectivity index (χ2n) is 6.79. The Morgan fingerprint density at radius 1 is 1.03 bits per heavy atom. The average Bonchev–Trinajstić information content (AvgIpc) is 2.69. The number of non-ortho nitro benzene ring substituents is 1. The summed E-state index contributed by atoms with van der Waals surface area (Å²) in [5.41, 5.74) is 3.73. The van der Waals surface area contributed by atoms with Gasteiger partial charge in [0.1, 0.15) is 0 Å². The third-order valence-electron chi connectivity index (χ3n) is 4.26. The van der Waals surface area contributed by atoms with E-state index in [0.717, 1.165) is 16.7 Å². The van der Waals surface area contributed by atoms with E-state index in [2.05, 4.69) is 10.6 Å². The van der Waals surface area contributed by atoms with E-state index in [1.807, 2.05) is 32.9 Å². The summed E-state index contributed by atoms with van der Waals surface area (Å²) in [5.74, 6) is -1.56. The van der Waals surface area contributed by atoms with Crippen LogP contribution < -0.4 is 10.6 Å². The Morgan fingerprint density at radius 2 is 1.63 bits per heavy atom. The van der Waals surface area contributed by atoms with E-state index in [-0.39, 0.29) is 24.2 Å². The fourth-order valence-electron chi connectivity index (χ4n) is 2.89. The van der Waals surface area contributed by atoms with Gasteiger partial charge in [-0.2, -0.15) is 0 Å². The van der Waals surface area contributed by atoms with Gasteiger partial charge in [-0.05, 0) is 44.0 Å². The second kappa shape index (κ2) is 10.1. The number of nitro benzene ring substituents is 1. The minimum atomic E-state index is -0.633. The Bertz CT molecular complexity index is 946. The highest BCUT2D eigenvalue weighted by Gasteiger charge is 2.13. The van der Waals surface area contributed by atoms with Gasteiger partial charge in [-0.3, -0.25) is 24.5 Å². The van der Waals surface area contributed by atoms with E-state index in [4.69, 9.17) is 4.74 Å². The van der Waals surface area contributed by atoms with Crippen LogP contribution in [0.4, 0.5) is 11.4 Å². The summed E-state index contributed by atoms with van der Waals surface area (Å²) in [6.07, 6.45) is -0.116. The summed E-state index contributed by atoms with van der Waals surface area (Å²) in [5, 5.41) is 15.9. The SMILES string of the molecule is Cc1cc(C)c(NC(=O)COC(=O)CCNC(=O)c2ccc([N+](=O)[O-])cc2)c(C)c1. The molecule has 30 heavy (non-hydrogen) atoms. The number of carbonyl (C=O) groups excluding carboxylic acids is 3. The van der Waals surface area contributed by atoms with E-state index in [0.29, 0.717) is 5.69 Å². The van der Waals surface area contributed by atoms with Gasteiger partial charge in [0.05, 0.1) is 11.3 Å². The number of nitro groups is 1. The fraction of sp³-hybridized carbons (Fsp3) is 0.286. The highest BCUT2D eigenvalue weighted by atomic mass is 16.6. The summed E-state index contributed by atoms with van der Waals surface area (Å²) < 4.78 is 4.93. The predicted octanol–water partition coefficient (Wildman–Crippen LogP) is 2.82. The monoisotopic (exact) mass is 413 g/mol. The number of hydrogen-bond acceptors (Lipinski definition) is 6. The molecule has 158 valence electrons. The zero-order chi connectivity index (χ0) is 22.3. The quantitative estimate of drug-likeness (QED) is 0.389. The lowest BCUT2D eigenvalue weighted by Gasteiger charge is -2.13. The van der Waals surface area contributed by atoms with E-state index in [9.17, 15) is 24.5 Å². The molecule has 0 saturated heterocycles. The fourth-order valence-corrected chi connectivity index (χ4v) is 2.89. The molecule has 0 bridgehead atoms. The summed E-state index contributed by atoms with van der Waals surface area (Å²) >= 11 is 0. The maximum absolute atomic E-state index is 12.0. The number of hydrogen-bond donors (Lipinski definition) is 2. The molecule has 2 rings (SSSR count). The number of nitrogens with one attached hydrogen (secondary N) is 2. The van der Waals surface area contributed by atoms with Crippen molar-refractivity contribution < 1.29 is 24.0 Å². The Balaban J connectivity index is 1.74. The largest absolute Gasteiger partial charge is 0.456 e. The van der Waals surface area contributed by atoms with Crippen molar-refractivity contribution in [2.24, 2.45) is 0 Å². The molecule has 2 aromatic rings. The van der Waals surface area contributed by atoms with Gasteiger partial charge in [-0.1, -0.05) is 17.7 Å².